The molecule has 1 N–H and O–H groups in total. The van der Waals surface area contributed by atoms with Crippen LogP contribution in [0.5, 0.6) is 0 Å². The Morgan fingerprint density at radius 3 is 2.33 bits per heavy atom. The van der Waals surface area contributed by atoms with Crippen LogP contribution in [-0.2, 0) is 12.8 Å². The maximum absolute atomic E-state index is 3.45. The zero-order valence-corrected chi connectivity index (χ0v) is 12.1. The minimum atomic E-state index is 0.742. The number of allylic oxidation sites excluding steroid dienone is 1. The molecule has 100 valence electrons. The summed E-state index contributed by atoms with van der Waals surface area (Å²) in [5.41, 5.74) is 2.82. The molecule has 0 fully saturated rings. The molecule has 0 amide bonds. The maximum Gasteiger partial charge on any atom is -0.00142 e. The van der Waals surface area contributed by atoms with Crippen molar-refractivity contribution in [2.75, 3.05) is 13.1 Å². The van der Waals surface area contributed by atoms with Gasteiger partial charge in [-0.25, -0.2) is 0 Å². The molecule has 0 saturated heterocycles. The average Bonchev–Trinajstić information content (AvgIpc) is 2.38. The molecule has 1 rings (SSSR count). The molecule has 0 aromatic heterocycles. The molecule has 0 bridgehead atoms. The Labute approximate surface area is 112 Å². The Bertz CT molecular complexity index is 335. The van der Waals surface area contributed by atoms with Gasteiger partial charge >= 0.3 is 0 Å². The minimum Gasteiger partial charge on any atom is -0.316 e. The topological polar surface area (TPSA) is 12.0 Å². The smallest absolute Gasteiger partial charge is 0.00142 e. The van der Waals surface area contributed by atoms with E-state index in [1.165, 1.54) is 11.1 Å². The van der Waals surface area contributed by atoms with Crippen molar-refractivity contribution in [3.63, 3.8) is 0 Å². The van der Waals surface area contributed by atoms with Crippen LogP contribution >= 0.6 is 0 Å². The van der Waals surface area contributed by atoms with E-state index < -0.39 is 0 Å². The molecule has 1 heteroatoms. The van der Waals surface area contributed by atoms with E-state index in [4.69, 9.17) is 0 Å². The monoisotopic (exact) mass is 245 g/mol. The molecule has 0 aliphatic rings. The molecule has 1 nitrogen and oxygen atoms in total. The van der Waals surface area contributed by atoms with Crippen LogP contribution in [0.4, 0.5) is 0 Å². The molecule has 0 radical (unpaired) electrons. The number of nitrogens with one attached hydrogen (secondary N) is 1. The van der Waals surface area contributed by atoms with E-state index in [1.807, 2.05) is 0 Å². The van der Waals surface area contributed by atoms with Crippen LogP contribution in [0.15, 0.2) is 36.4 Å². The Hall–Kier alpha value is -1.08. The van der Waals surface area contributed by atoms with Gasteiger partial charge in [0.25, 0.3) is 0 Å². The predicted molar refractivity (Wildman–Crippen MR) is 81.0 cm³/mol. The highest BCUT2D eigenvalue weighted by Gasteiger charge is 1.92. The number of hydrogen-bond donors (Lipinski definition) is 1. The van der Waals surface area contributed by atoms with Gasteiger partial charge in [0.1, 0.15) is 0 Å². The summed E-state index contributed by atoms with van der Waals surface area (Å²) in [6.45, 7) is 8.88. The molecular formula is C17H27N. The van der Waals surface area contributed by atoms with Gasteiger partial charge in [0.05, 0.1) is 0 Å². The molecule has 0 unspecified atom stereocenters. The SMILES string of the molecule is CCc1ccc(CC=CCCNCC(C)C)cc1. The van der Waals surface area contributed by atoms with Gasteiger partial charge in [-0.2, -0.15) is 0 Å². The molecule has 0 atom stereocenters. The lowest BCUT2D eigenvalue weighted by atomic mass is 10.1. The van der Waals surface area contributed by atoms with E-state index in [0.717, 1.165) is 38.3 Å². The minimum absolute atomic E-state index is 0.742. The van der Waals surface area contributed by atoms with Crippen molar-refractivity contribution in [1.82, 2.24) is 5.32 Å². The van der Waals surface area contributed by atoms with Crippen LogP contribution in [0.25, 0.3) is 0 Å². The van der Waals surface area contributed by atoms with Crippen LogP contribution in [0.1, 0.15) is 38.3 Å². The standard InChI is InChI=1S/C17H27N/c1-4-16-9-11-17(12-10-16)8-6-5-7-13-18-14-15(2)3/h5-6,9-12,15,18H,4,7-8,13-14H2,1-3H3. The van der Waals surface area contributed by atoms with Crippen molar-refractivity contribution < 1.29 is 0 Å². The van der Waals surface area contributed by atoms with Crippen LogP contribution < -0.4 is 5.32 Å². The van der Waals surface area contributed by atoms with E-state index >= 15 is 0 Å². The van der Waals surface area contributed by atoms with Gasteiger partial charge in [0.15, 0.2) is 0 Å². The van der Waals surface area contributed by atoms with Crippen LogP contribution in [-0.4, -0.2) is 13.1 Å². The Kier molecular flexibility index (Phi) is 7.43. The van der Waals surface area contributed by atoms with E-state index in [9.17, 15) is 0 Å². The largest absolute Gasteiger partial charge is 0.316 e. The lowest BCUT2D eigenvalue weighted by Crippen LogP contribution is -2.20. The molecule has 0 aliphatic heterocycles. The Morgan fingerprint density at radius 2 is 1.72 bits per heavy atom. The fourth-order valence-corrected chi connectivity index (χ4v) is 1.82. The summed E-state index contributed by atoms with van der Waals surface area (Å²) >= 11 is 0. The zero-order valence-electron chi connectivity index (χ0n) is 12.1. The third kappa shape index (κ3) is 6.61. The van der Waals surface area contributed by atoms with Gasteiger partial charge < -0.3 is 5.32 Å². The van der Waals surface area contributed by atoms with E-state index in [-0.39, 0.29) is 0 Å². The summed E-state index contributed by atoms with van der Waals surface area (Å²) < 4.78 is 0. The molecular weight excluding hydrogens is 218 g/mol. The number of hydrogen-bond acceptors (Lipinski definition) is 1. The normalized spacial score (nSPS) is 11.6. The Balaban J connectivity index is 2.15. The lowest BCUT2D eigenvalue weighted by Gasteiger charge is -2.04. The molecule has 0 saturated carbocycles. The molecule has 1 aromatic rings. The third-order valence-corrected chi connectivity index (χ3v) is 2.99. The van der Waals surface area contributed by atoms with Gasteiger partial charge in [-0.3, -0.25) is 0 Å². The van der Waals surface area contributed by atoms with Crippen LogP contribution in [0.2, 0.25) is 0 Å². The molecule has 0 heterocycles. The summed E-state index contributed by atoms with van der Waals surface area (Å²) in [4.78, 5) is 0. The Morgan fingerprint density at radius 1 is 1.06 bits per heavy atom. The highest BCUT2D eigenvalue weighted by atomic mass is 14.8. The van der Waals surface area contributed by atoms with Crippen molar-refractivity contribution in [1.29, 1.82) is 0 Å². The van der Waals surface area contributed by atoms with Crippen LogP contribution in [0, 0.1) is 5.92 Å². The average molecular weight is 245 g/mol. The van der Waals surface area contributed by atoms with Crippen molar-refractivity contribution in [2.24, 2.45) is 5.92 Å². The van der Waals surface area contributed by atoms with Gasteiger partial charge in [-0.1, -0.05) is 57.2 Å². The summed E-state index contributed by atoms with van der Waals surface area (Å²) in [6, 6.07) is 8.93. The molecule has 18 heavy (non-hydrogen) atoms. The van der Waals surface area contributed by atoms with Gasteiger partial charge in [-0.15, -0.1) is 0 Å². The highest BCUT2D eigenvalue weighted by molar-refractivity contribution is 5.24. The maximum atomic E-state index is 3.45. The number of rotatable bonds is 8. The molecule has 1 aromatic carbocycles. The van der Waals surface area contributed by atoms with E-state index in [0.29, 0.717) is 0 Å². The van der Waals surface area contributed by atoms with Crippen molar-refractivity contribution in [3.8, 4) is 0 Å². The van der Waals surface area contributed by atoms with Gasteiger partial charge in [0, 0.05) is 0 Å². The van der Waals surface area contributed by atoms with E-state index in [1.54, 1.807) is 0 Å². The zero-order chi connectivity index (χ0) is 13.2. The predicted octanol–water partition coefficient (Wildman–Crippen LogP) is 3.98. The lowest BCUT2D eigenvalue weighted by molar-refractivity contribution is 0.556. The van der Waals surface area contributed by atoms with Crippen molar-refractivity contribution in [2.45, 2.75) is 40.0 Å². The first-order valence-electron chi connectivity index (χ1n) is 7.16. The summed E-state index contributed by atoms with van der Waals surface area (Å²) in [5.74, 6) is 0.742. The van der Waals surface area contributed by atoms with Crippen LogP contribution in [0.3, 0.4) is 0 Å². The van der Waals surface area contributed by atoms with E-state index in [2.05, 4.69) is 62.5 Å². The second-order valence-electron chi connectivity index (χ2n) is 5.23. The van der Waals surface area contributed by atoms with Gasteiger partial charge in [-0.05, 0) is 49.4 Å². The fourth-order valence-electron chi connectivity index (χ4n) is 1.82. The first-order valence-corrected chi connectivity index (χ1v) is 7.16. The number of aryl methyl sites for hydroxylation is 1. The molecule has 0 spiro atoms. The van der Waals surface area contributed by atoms with Crippen molar-refractivity contribution >= 4 is 0 Å². The van der Waals surface area contributed by atoms with Crippen molar-refractivity contribution in [3.05, 3.63) is 47.5 Å². The quantitative estimate of drug-likeness (QED) is 0.539. The second kappa shape index (κ2) is 8.93. The highest BCUT2D eigenvalue weighted by Crippen LogP contribution is 2.06. The third-order valence-electron chi connectivity index (χ3n) is 2.99. The second-order valence-corrected chi connectivity index (χ2v) is 5.23. The first-order chi connectivity index (χ1) is 8.72. The summed E-state index contributed by atoms with van der Waals surface area (Å²) in [6.07, 6.45) is 7.85. The number of benzene rings is 1. The molecule has 0 aliphatic carbocycles. The first kappa shape index (κ1) is 15.0. The summed E-state index contributed by atoms with van der Waals surface area (Å²) in [5, 5.41) is 3.45. The fraction of sp³-hybridized carbons (Fsp3) is 0.529. The summed E-state index contributed by atoms with van der Waals surface area (Å²) in [7, 11) is 0. The van der Waals surface area contributed by atoms with Gasteiger partial charge in [0.2, 0.25) is 0 Å².